The molecule has 1 spiro atoms. The summed E-state index contributed by atoms with van der Waals surface area (Å²) in [6.45, 7) is 0. The zero-order chi connectivity index (χ0) is 40.5. The van der Waals surface area contributed by atoms with Crippen molar-refractivity contribution in [2.75, 3.05) is 4.90 Å². The zero-order valence-electron chi connectivity index (χ0n) is 33.6. The van der Waals surface area contributed by atoms with Gasteiger partial charge in [-0.15, -0.1) is 0 Å². The fourth-order valence-electron chi connectivity index (χ4n) is 11.3. The molecule has 62 heavy (non-hydrogen) atoms. The topological polar surface area (TPSA) is 21.3 Å². The second kappa shape index (κ2) is 12.4. The van der Waals surface area contributed by atoms with Crippen LogP contribution in [0.3, 0.4) is 0 Å². The summed E-state index contributed by atoms with van der Waals surface area (Å²) >= 11 is 0. The average Bonchev–Trinajstić information content (AvgIpc) is 3.98. The molecule has 0 aliphatic heterocycles. The molecule has 0 radical (unpaired) electrons. The van der Waals surface area contributed by atoms with E-state index < -0.39 is 5.41 Å². The van der Waals surface area contributed by atoms with E-state index >= 15 is 0 Å². The number of furan rings is 1. The van der Waals surface area contributed by atoms with Crippen LogP contribution in [-0.4, -0.2) is 4.57 Å². The first-order valence-corrected chi connectivity index (χ1v) is 21.4. The fraction of sp³-hybridized carbons (Fsp3) is 0.0169. The largest absolute Gasteiger partial charge is 0.456 e. The van der Waals surface area contributed by atoms with Crippen molar-refractivity contribution in [2.45, 2.75) is 5.41 Å². The predicted molar refractivity (Wildman–Crippen MR) is 257 cm³/mol. The standard InChI is InChI=1S/C59H36N2O/c1-3-15-40(16-4-1)60(41-17-5-2-6-18-41)42-29-26-37(27-30-42)39-34-51-57-53(35-39)61(43-31-32-47-46-21-9-12-25-54(46)62-55(47)36-43)52-33-28-38-14-13-24-50(56(38)58(52)57)59(51)48-22-10-7-19-44(48)45-20-8-11-23-49(45)59/h1-36H. The van der Waals surface area contributed by atoms with E-state index in [4.69, 9.17) is 4.42 Å². The summed E-state index contributed by atoms with van der Waals surface area (Å²) in [6.07, 6.45) is 0. The van der Waals surface area contributed by atoms with E-state index in [0.717, 1.165) is 50.3 Å². The van der Waals surface area contributed by atoms with Gasteiger partial charge in [-0.2, -0.15) is 0 Å². The third-order valence-corrected chi connectivity index (χ3v) is 13.7. The Balaban J connectivity index is 1.09. The lowest BCUT2D eigenvalue weighted by Crippen LogP contribution is -2.30. The van der Waals surface area contributed by atoms with E-state index in [0.29, 0.717) is 0 Å². The summed E-state index contributed by atoms with van der Waals surface area (Å²) in [5, 5.41) is 7.47. The molecule has 288 valence electrons. The van der Waals surface area contributed by atoms with Crippen molar-refractivity contribution in [1.82, 2.24) is 4.57 Å². The van der Waals surface area contributed by atoms with Gasteiger partial charge in [-0.1, -0.05) is 140 Å². The molecule has 14 rings (SSSR count). The molecule has 2 aliphatic carbocycles. The van der Waals surface area contributed by atoms with Gasteiger partial charge in [-0.3, -0.25) is 0 Å². The highest BCUT2D eigenvalue weighted by atomic mass is 16.3. The minimum atomic E-state index is -0.533. The minimum Gasteiger partial charge on any atom is -0.456 e. The highest BCUT2D eigenvalue weighted by molar-refractivity contribution is 6.27. The fourth-order valence-corrected chi connectivity index (χ4v) is 11.3. The lowest BCUT2D eigenvalue weighted by atomic mass is 9.63. The summed E-state index contributed by atoms with van der Waals surface area (Å²) in [4.78, 5) is 2.33. The Labute approximate surface area is 358 Å². The Kier molecular flexibility index (Phi) is 6.76. The van der Waals surface area contributed by atoms with E-state index in [1.54, 1.807) is 0 Å². The number of hydrogen-bond donors (Lipinski definition) is 0. The molecule has 0 unspecified atom stereocenters. The Morgan fingerprint density at radius 1 is 0.371 bits per heavy atom. The van der Waals surface area contributed by atoms with Crippen LogP contribution in [0.2, 0.25) is 0 Å². The Bertz CT molecular complexity index is 3720. The van der Waals surface area contributed by atoms with Crippen LogP contribution in [0.4, 0.5) is 17.1 Å². The van der Waals surface area contributed by atoms with Gasteiger partial charge >= 0.3 is 0 Å². The molecule has 0 amide bonds. The predicted octanol–water partition coefficient (Wildman–Crippen LogP) is 15.6. The first-order chi connectivity index (χ1) is 30.8. The first kappa shape index (κ1) is 33.7. The van der Waals surface area contributed by atoms with E-state index in [1.165, 1.54) is 71.5 Å². The van der Waals surface area contributed by atoms with Crippen molar-refractivity contribution in [3.05, 3.63) is 241 Å². The number of aromatic nitrogens is 1. The maximum absolute atomic E-state index is 6.54. The Hall–Kier alpha value is -8.14. The van der Waals surface area contributed by atoms with Gasteiger partial charge in [-0.25, -0.2) is 0 Å². The average molecular weight is 789 g/mol. The van der Waals surface area contributed by atoms with Crippen LogP contribution in [-0.2, 0) is 5.41 Å². The molecule has 0 bridgehead atoms. The van der Waals surface area contributed by atoms with E-state index in [9.17, 15) is 0 Å². The van der Waals surface area contributed by atoms with Crippen molar-refractivity contribution in [3.63, 3.8) is 0 Å². The highest BCUT2D eigenvalue weighted by Crippen LogP contribution is 2.62. The molecule has 0 saturated carbocycles. The molecule has 10 aromatic carbocycles. The molecule has 12 aromatic rings. The van der Waals surface area contributed by atoms with Gasteiger partial charge < -0.3 is 13.9 Å². The lowest BCUT2D eigenvalue weighted by molar-refractivity contribution is 0.668. The van der Waals surface area contributed by atoms with Gasteiger partial charge in [-0.05, 0) is 128 Å². The molecular formula is C59H36N2O. The van der Waals surface area contributed by atoms with Gasteiger partial charge in [0.15, 0.2) is 0 Å². The van der Waals surface area contributed by atoms with Gasteiger partial charge in [0.1, 0.15) is 11.2 Å². The van der Waals surface area contributed by atoms with Gasteiger partial charge in [0.05, 0.1) is 16.4 Å². The van der Waals surface area contributed by atoms with Crippen molar-refractivity contribution in [1.29, 1.82) is 0 Å². The Morgan fingerprint density at radius 3 is 1.74 bits per heavy atom. The monoisotopic (exact) mass is 788 g/mol. The maximum Gasteiger partial charge on any atom is 0.137 e. The third kappa shape index (κ3) is 4.39. The molecule has 0 N–H and O–H groups in total. The van der Waals surface area contributed by atoms with Crippen molar-refractivity contribution in [3.8, 4) is 27.9 Å². The van der Waals surface area contributed by atoms with Gasteiger partial charge in [0.2, 0.25) is 0 Å². The molecule has 2 aromatic heterocycles. The van der Waals surface area contributed by atoms with E-state index in [-0.39, 0.29) is 0 Å². The van der Waals surface area contributed by atoms with E-state index in [2.05, 4.69) is 222 Å². The molecular weight excluding hydrogens is 753 g/mol. The Morgan fingerprint density at radius 2 is 1.00 bits per heavy atom. The second-order valence-corrected chi connectivity index (χ2v) is 16.8. The van der Waals surface area contributed by atoms with Crippen molar-refractivity contribution >= 4 is 71.6 Å². The number of rotatable bonds is 5. The van der Waals surface area contributed by atoms with Crippen LogP contribution in [0.1, 0.15) is 22.3 Å². The molecule has 3 nitrogen and oxygen atoms in total. The van der Waals surface area contributed by atoms with Crippen LogP contribution in [0.5, 0.6) is 0 Å². The van der Waals surface area contributed by atoms with Crippen molar-refractivity contribution < 1.29 is 4.42 Å². The summed E-state index contributed by atoms with van der Waals surface area (Å²) in [5.74, 6) is 0. The number of nitrogens with zero attached hydrogens (tertiary/aromatic N) is 2. The molecule has 2 heterocycles. The number of hydrogen-bond acceptors (Lipinski definition) is 2. The van der Waals surface area contributed by atoms with Gasteiger partial charge in [0, 0.05) is 50.4 Å². The van der Waals surface area contributed by atoms with Gasteiger partial charge in [0.25, 0.3) is 0 Å². The SMILES string of the molecule is c1ccc(N(c2ccccc2)c2ccc(-c3cc4c5c6c7c(cccc7ccc6n(-c6ccc7c(c6)oc6ccccc67)c5c3)C43c4ccccc4-c4ccccc43)cc2)cc1. The summed E-state index contributed by atoms with van der Waals surface area (Å²) in [7, 11) is 0. The molecule has 0 atom stereocenters. The minimum absolute atomic E-state index is 0.533. The van der Waals surface area contributed by atoms with Crippen molar-refractivity contribution in [2.24, 2.45) is 0 Å². The van der Waals surface area contributed by atoms with Crippen LogP contribution < -0.4 is 4.90 Å². The van der Waals surface area contributed by atoms with Crippen LogP contribution in [0, 0.1) is 0 Å². The molecule has 0 saturated heterocycles. The van der Waals surface area contributed by atoms with Crippen LogP contribution in [0.25, 0.3) is 82.5 Å². The van der Waals surface area contributed by atoms with Crippen LogP contribution in [0.15, 0.2) is 223 Å². The number of benzene rings is 10. The second-order valence-electron chi connectivity index (χ2n) is 16.8. The number of para-hydroxylation sites is 3. The van der Waals surface area contributed by atoms with E-state index in [1.807, 2.05) is 6.07 Å². The highest BCUT2D eigenvalue weighted by Gasteiger charge is 2.50. The molecule has 0 fully saturated rings. The molecule has 2 aliphatic rings. The lowest BCUT2D eigenvalue weighted by Gasteiger charge is -2.38. The zero-order valence-corrected chi connectivity index (χ0v) is 33.6. The smallest absolute Gasteiger partial charge is 0.137 e. The summed E-state index contributed by atoms with van der Waals surface area (Å²) in [6, 6.07) is 80.3. The quantitative estimate of drug-likeness (QED) is 0.173. The normalized spacial score (nSPS) is 13.3. The molecule has 3 heteroatoms. The maximum atomic E-state index is 6.54. The van der Waals surface area contributed by atoms with Crippen LogP contribution >= 0.6 is 0 Å². The number of fused-ring (bicyclic) bond motifs is 10. The first-order valence-electron chi connectivity index (χ1n) is 21.4. The summed E-state index contributed by atoms with van der Waals surface area (Å²) < 4.78 is 9.04. The summed E-state index contributed by atoms with van der Waals surface area (Å²) in [5.41, 5.74) is 18.3. The number of anilines is 3. The third-order valence-electron chi connectivity index (χ3n) is 13.7.